The van der Waals surface area contributed by atoms with Gasteiger partial charge in [0, 0.05) is 11.3 Å². The summed E-state index contributed by atoms with van der Waals surface area (Å²) in [7, 11) is 0. The second-order valence-electron chi connectivity index (χ2n) is 4.75. The summed E-state index contributed by atoms with van der Waals surface area (Å²) in [6.45, 7) is 0.323. The molecule has 102 valence electrons. The first-order valence-electron chi connectivity index (χ1n) is 6.50. The Morgan fingerprint density at radius 1 is 1.25 bits per heavy atom. The zero-order valence-corrected chi connectivity index (χ0v) is 10.9. The molecule has 1 amide bonds. The Morgan fingerprint density at radius 2 is 2.10 bits per heavy atom. The van der Waals surface area contributed by atoms with Crippen LogP contribution in [0.25, 0.3) is 0 Å². The van der Waals surface area contributed by atoms with E-state index in [1.54, 1.807) is 18.2 Å². The number of nitrogens with one attached hydrogen (secondary N) is 1. The first-order valence-corrected chi connectivity index (χ1v) is 6.50. The molecule has 1 heterocycles. The van der Waals surface area contributed by atoms with Gasteiger partial charge in [0.15, 0.2) is 0 Å². The maximum Gasteiger partial charge on any atom is 0.235 e. The lowest BCUT2D eigenvalue weighted by Gasteiger charge is -2.11. The third kappa shape index (κ3) is 2.38. The average Bonchev–Trinajstić information content (AvgIpc) is 2.91. The van der Waals surface area contributed by atoms with Gasteiger partial charge in [-0.05, 0) is 23.8 Å². The molecular formula is C16H15NO3. The number of aliphatic hydroxyl groups is 1. The third-order valence-corrected chi connectivity index (χ3v) is 3.39. The monoisotopic (exact) mass is 269 g/mol. The van der Waals surface area contributed by atoms with E-state index in [1.807, 2.05) is 30.3 Å². The van der Waals surface area contributed by atoms with Gasteiger partial charge in [-0.2, -0.15) is 0 Å². The van der Waals surface area contributed by atoms with Crippen molar-refractivity contribution in [1.82, 2.24) is 0 Å². The number of aliphatic hydroxyl groups excluding tert-OH is 1. The van der Waals surface area contributed by atoms with Crippen LogP contribution in [0.2, 0.25) is 0 Å². The lowest BCUT2D eigenvalue weighted by molar-refractivity contribution is -0.117. The highest BCUT2D eigenvalue weighted by atomic mass is 16.5. The first-order chi connectivity index (χ1) is 9.78. The second kappa shape index (κ2) is 5.35. The van der Waals surface area contributed by atoms with E-state index in [-0.39, 0.29) is 18.4 Å². The Kier molecular flexibility index (Phi) is 3.39. The number of ether oxygens (including phenoxy) is 1. The highest BCUT2D eigenvalue weighted by molar-refractivity contribution is 5.96. The van der Waals surface area contributed by atoms with Gasteiger partial charge in [0.1, 0.15) is 18.3 Å². The Labute approximate surface area is 117 Å². The largest absolute Gasteiger partial charge is 0.492 e. The molecule has 4 heteroatoms. The van der Waals surface area contributed by atoms with E-state index in [4.69, 9.17) is 9.84 Å². The SMILES string of the molecule is O=C(Nc1cccc(CO)c1)C1COc2ccccc21. The van der Waals surface area contributed by atoms with Crippen LogP contribution in [0.3, 0.4) is 0 Å². The minimum atomic E-state index is -0.288. The number of hydrogen-bond donors (Lipinski definition) is 2. The zero-order valence-electron chi connectivity index (χ0n) is 10.9. The van der Waals surface area contributed by atoms with Crippen LogP contribution in [-0.4, -0.2) is 17.6 Å². The Hall–Kier alpha value is -2.33. The van der Waals surface area contributed by atoms with E-state index in [9.17, 15) is 4.79 Å². The molecule has 1 aliphatic rings. The van der Waals surface area contributed by atoms with Crippen molar-refractivity contribution < 1.29 is 14.6 Å². The van der Waals surface area contributed by atoms with Crippen LogP contribution in [0.15, 0.2) is 48.5 Å². The number of fused-ring (bicyclic) bond motifs is 1. The summed E-state index contributed by atoms with van der Waals surface area (Å²) in [6, 6.07) is 14.8. The molecule has 1 aliphatic heterocycles. The zero-order chi connectivity index (χ0) is 13.9. The number of carbonyl (C=O) groups excluding carboxylic acids is 1. The second-order valence-corrected chi connectivity index (χ2v) is 4.75. The fraction of sp³-hybridized carbons (Fsp3) is 0.188. The minimum absolute atomic E-state index is 0.0426. The molecule has 2 aromatic carbocycles. The lowest BCUT2D eigenvalue weighted by atomic mass is 10.0. The van der Waals surface area contributed by atoms with Gasteiger partial charge in [-0.3, -0.25) is 4.79 Å². The van der Waals surface area contributed by atoms with Crippen molar-refractivity contribution in [3.05, 3.63) is 59.7 Å². The smallest absolute Gasteiger partial charge is 0.235 e. The third-order valence-electron chi connectivity index (χ3n) is 3.39. The fourth-order valence-corrected chi connectivity index (χ4v) is 2.36. The molecule has 0 saturated carbocycles. The lowest BCUT2D eigenvalue weighted by Crippen LogP contribution is -2.22. The number of amides is 1. The Morgan fingerprint density at radius 3 is 2.95 bits per heavy atom. The summed E-state index contributed by atoms with van der Waals surface area (Å²) in [5.41, 5.74) is 2.38. The molecule has 0 bridgehead atoms. The predicted octanol–water partition coefficient (Wildman–Crippen LogP) is 2.29. The normalized spacial score (nSPS) is 16.4. The van der Waals surface area contributed by atoms with Crippen molar-refractivity contribution in [3.8, 4) is 5.75 Å². The van der Waals surface area contributed by atoms with Crippen LogP contribution in [0, 0.1) is 0 Å². The molecule has 0 spiro atoms. The van der Waals surface area contributed by atoms with Crippen molar-refractivity contribution in [2.75, 3.05) is 11.9 Å². The quantitative estimate of drug-likeness (QED) is 0.898. The molecule has 1 atom stereocenters. The van der Waals surface area contributed by atoms with Gasteiger partial charge in [-0.15, -0.1) is 0 Å². The molecule has 1 unspecified atom stereocenters. The standard InChI is InChI=1S/C16H15NO3/c18-9-11-4-3-5-12(8-11)17-16(19)14-10-20-15-7-2-1-6-13(14)15/h1-8,14,18H,9-10H2,(H,17,19). The highest BCUT2D eigenvalue weighted by Gasteiger charge is 2.29. The van der Waals surface area contributed by atoms with Gasteiger partial charge in [-0.1, -0.05) is 30.3 Å². The summed E-state index contributed by atoms with van der Waals surface area (Å²) in [5, 5.41) is 12.0. The maximum absolute atomic E-state index is 12.3. The molecule has 0 aliphatic carbocycles. The van der Waals surface area contributed by atoms with Crippen LogP contribution in [-0.2, 0) is 11.4 Å². The molecule has 0 aromatic heterocycles. The van der Waals surface area contributed by atoms with E-state index in [0.717, 1.165) is 16.9 Å². The Bertz CT molecular complexity index is 639. The average molecular weight is 269 g/mol. The predicted molar refractivity (Wildman–Crippen MR) is 75.7 cm³/mol. The number of para-hydroxylation sites is 1. The van der Waals surface area contributed by atoms with Crippen LogP contribution < -0.4 is 10.1 Å². The van der Waals surface area contributed by atoms with Crippen molar-refractivity contribution in [2.45, 2.75) is 12.5 Å². The Balaban J connectivity index is 1.77. The van der Waals surface area contributed by atoms with Gasteiger partial charge in [0.05, 0.1) is 6.61 Å². The summed E-state index contributed by atoms with van der Waals surface area (Å²) in [5.74, 6) is 0.394. The molecule has 0 saturated heterocycles. The summed E-state index contributed by atoms with van der Waals surface area (Å²) in [4.78, 5) is 12.3. The van der Waals surface area contributed by atoms with Crippen LogP contribution in [0.1, 0.15) is 17.0 Å². The van der Waals surface area contributed by atoms with Crippen LogP contribution >= 0.6 is 0 Å². The topological polar surface area (TPSA) is 58.6 Å². The molecule has 3 rings (SSSR count). The first kappa shape index (κ1) is 12.7. The molecule has 2 aromatic rings. The number of hydrogen-bond acceptors (Lipinski definition) is 3. The number of carbonyl (C=O) groups is 1. The van der Waals surface area contributed by atoms with Gasteiger partial charge < -0.3 is 15.2 Å². The van der Waals surface area contributed by atoms with Gasteiger partial charge in [0.25, 0.3) is 0 Å². The van der Waals surface area contributed by atoms with Crippen LogP contribution in [0.5, 0.6) is 5.75 Å². The van der Waals surface area contributed by atoms with E-state index in [0.29, 0.717) is 12.3 Å². The molecule has 0 fully saturated rings. The van der Waals surface area contributed by atoms with Crippen molar-refractivity contribution >= 4 is 11.6 Å². The van der Waals surface area contributed by atoms with E-state index in [2.05, 4.69) is 5.32 Å². The summed E-state index contributed by atoms with van der Waals surface area (Å²) >= 11 is 0. The summed E-state index contributed by atoms with van der Waals surface area (Å²) in [6.07, 6.45) is 0. The maximum atomic E-state index is 12.3. The van der Waals surface area contributed by atoms with Gasteiger partial charge >= 0.3 is 0 Å². The molecular weight excluding hydrogens is 254 g/mol. The molecule has 0 radical (unpaired) electrons. The highest BCUT2D eigenvalue weighted by Crippen LogP contribution is 2.34. The fourth-order valence-electron chi connectivity index (χ4n) is 2.36. The molecule has 20 heavy (non-hydrogen) atoms. The van der Waals surface area contributed by atoms with E-state index in [1.165, 1.54) is 0 Å². The minimum Gasteiger partial charge on any atom is -0.492 e. The van der Waals surface area contributed by atoms with E-state index < -0.39 is 0 Å². The van der Waals surface area contributed by atoms with Crippen molar-refractivity contribution in [1.29, 1.82) is 0 Å². The van der Waals surface area contributed by atoms with Gasteiger partial charge in [0.2, 0.25) is 5.91 Å². The number of anilines is 1. The molecule has 2 N–H and O–H groups in total. The number of benzene rings is 2. The van der Waals surface area contributed by atoms with Gasteiger partial charge in [-0.25, -0.2) is 0 Å². The molecule has 4 nitrogen and oxygen atoms in total. The summed E-state index contributed by atoms with van der Waals surface area (Å²) < 4.78 is 5.51. The number of rotatable bonds is 3. The van der Waals surface area contributed by atoms with Crippen LogP contribution in [0.4, 0.5) is 5.69 Å². The van der Waals surface area contributed by atoms with Crippen molar-refractivity contribution in [3.63, 3.8) is 0 Å². The van der Waals surface area contributed by atoms with Crippen molar-refractivity contribution in [2.24, 2.45) is 0 Å². The van der Waals surface area contributed by atoms with E-state index >= 15 is 0 Å².